The molecule has 0 saturated heterocycles. The highest BCUT2D eigenvalue weighted by Gasteiger charge is 2.38. The number of amides is 1. The first kappa shape index (κ1) is 24.3. The van der Waals surface area contributed by atoms with Gasteiger partial charge in [0.1, 0.15) is 5.69 Å². The molecule has 0 radical (unpaired) electrons. The maximum Gasteiger partial charge on any atom is 0.490 e. The molecule has 3 aromatic rings. The number of carboxylic acid groups (broad SMARTS) is 1. The van der Waals surface area contributed by atoms with Crippen molar-refractivity contribution in [2.24, 2.45) is 0 Å². The third kappa shape index (κ3) is 7.08. The van der Waals surface area contributed by atoms with Gasteiger partial charge in [0.15, 0.2) is 0 Å². The number of aliphatic carboxylic acids is 1. The van der Waals surface area contributed by atoms with Gasteiger partial charge in [0.25, 0.3) is 5.91 Å². The zero-order valence-corrected chi connectivity index (χ0v) is 18.1. The van der Waals surface area contributed by atoms with Crippen LogP contribution in [0.3, 0.4) is 0 Å². The van der Waals surface area contributed by atoms with E-state index in [0.717, 1.165) is 26.1 Å². The van der Waals surface area contributed by atoms with Crippen LogP contribution in [0.5, 0.6) is 0 Å². The van der Waals surface area contributed by atoms with E-state index in [0.29, 0.717) is 12.2 Å². The summed E-state index contributed by atoms with van der Waals surface area (Å²) >= 11 is 1.73. The number of thiophene rings is 1. The summed E-state index contributed by atoms with van der Waals surface area (Å²) in [5.41, 5.74) is 2.91. The molecule has 0 spiro atoms. The van der Waals surface area contributed by atoms with Crippen LogP contribution in [0.2, 0.25) is 0 Å². The highest BCUT2D eigenvalue weighted by Crippen LogP contribution is 2.24. The smallest absolute Gasteiger partial charge is 0.475 e. The molecule has 1 atom stereocenters. The number of alkyl halides is 3. The van der Waals surface area contributed by atoms with Crippen LogP contribution >= 0.6 is 11.3 Å². The van der Waals surface area contributed by atoms with Gasteiger partial charge in [-0.15, -0.1) is 0 Å². The molecule has 4 rings (SSSR count). The van der Waals surface area contributed by atoms with Crippen LogP contribution in [0.4, 0.5) is 13.2 Å². The second kappa shape index (κ2) is 11.0. The third-order valence-electron chi connectivity index (χ3n) is 4.74. The number of fused-ring (bicyclic) bond motifs is 1. The van der Waals surface area contributed by atoms with Crippen molar-refractivity contribution in [1.82, 2.24) is 30.0 Å². The maximum absolute atomic E-state index is 12.1. The molecule has 1 amide bonds. The highest BCUT2D eigenvalue weighted by atomic mass is 32.1. The standard InChI is InChI=1S/C18H20N6OS.C2HF3O2/c25-18(17-9-19-6-7-20-17)21-4-1-15-11-23(10-14-3-8-26-13-14)12-16-2-5-22-24(15)16;3-2(4,5)1(6)7/h2-3,5-9,13,15H,1,4,10-12H2,(H,21,25);(H,6,7). The quantitative estimate of drug-likeness (QED) is 0.555. The molecule has 0 fully saturated rings. The van der Waals surface area contributed by atoms with Crippen LogP contribution in [0.1, 0.15) is 34.2 Å². The monoisotopic (exact) mass is 482 g/mol. The number of carbonyl (C=O) groups excluding carboxylic acids is 1. The van der Waals surface area contributed by atoms with Gasteiger partial charge in [-0.1, -0.05) is 0 Å². The summed E-state index contributed by atoms with van der Waals surface area (Å²) in [7, 11) is 0. The van der Waals surface area contributed by atoms with Crippen molar-refractivity contribution in [3.8, 4) is 0 Å². The second-order valence-electron chi connectivity index (χ2n) is 7.16. The molecular formula is C20H21F3N6O3S. The molecule has 176 valence electrons. The summed E-state index contributed by atoms with van der Waals surface area (Å²) in [5.74, 6) is -2.95. The largest absolute Gasteiger partial charge is 0.490 e. The number of carbonyl (C=O) groups is 2. The molecule has 3 aromatic heterocycles. The molecule has 0 aliphatic carbocycles. The Kier molecular flexibility index (Phi) is 8.11. The van der Waals surface area contributed by atoms with Crippen LogP contribution in [0, 0.1) is 0 Å². The Hall–Kier alpha value is -3.32. The second-order valence-corrected chi connectivity index (χ2v) is 7.94. The van der Waals surface area contributed by atoms with Gasteiger partial charge in [0.2, 0.25) is 0 Å². The fourth-order valence-electron chi connectivity index (χ4n) is 3.30. The van der Waals surface area contributed by atoms with Crippen molar-refractivity contribution in [3.63, 3.8) is 0 Å². The van der Waals surface area contributed by atoms with Crippen molar-refractivity contribution < 1.29 is 27.9 Å². The Balaban J connectivity index is 0.000000383. The average molecular weight is 482 g/mol. The summed E-state index contributed by atoms with van der Waals surface area (Å²) < 4.78 is 33.8. The predicted octanol–water partition coefficient (Wildman–Crippen LogP) is 2.74. The Morgan fingerprint density at radius 3 is 2.67 bits per heavy atom. The summed E-state index contributed by atoms with van der Waals surface area (Å²) in [5, 5.41) is 18.8. The first-order chi connectivity index (χ1) is 15.7. The first-order valence-corrected chi connectivity index (χ1v) is 10.8. The Morgan fingerprint density at radius 1 is 1.24 bits per heavy atom. The lowest BCUT2D eigenvalue weighted by atomic mass is 10.1. The van der Waals surface area contributed by atoms with Gasteiger partial charge in [0.05, 0.1) is 17.9 Å². The molecule has 13 heteroatoms. The molecule has 1 aliphatic heterocycles. The number of aromatic nitrogens is 4. The highest BCUT2D eigenvalue weighted by molar-refractivity contribution is 7.07. The predicted molar refractivity (Wildman–Crippen MR) is 112 cm³/mol. The SMILES string of the molecule is O=C(NCCC1CN(Cc2ccsc2)Cc2ccnn21)c1cnccn1.O=C(O)C(F)(F)F. The Bertz CT molecular complexity index is 1040. The summed E-state index contributed by atoms with van der Waals surface area (Å²) in [6.07, 6.45) is 2.15. The summed E-state index contributed by atoms with van der Waals surface area (Å²) in [6.45, 7) is 3.34. The van der Waals surface area contributed by atoms with Crippen molar-refractivity contribution in [3.05, 3.63) is 64.6 Å². The zero-order valence-electron chi connectivity index (χ0n) is 17.3. The number of nitrogens with zero attached hydrogens (tertiary/aromatic N) is 5. The molecule has 1 unspecified atom stereocenters. The third-order valence-corrected chi connectivity index (χ3v) is 5.47. The van der Waals surface area contributed by atoms with E-state index in [1.54, 1.807) is 17.5 Å². The van der Waals surface area contributed by atoms with Gasteiger partial charge in [-0.25, -0.2) is 9.78 Å². The molecule has 0 aromatic carbocycles. The lowest BCUT2D eigenvalue weighted by Gasteiger charge is -2.33. The normalized spacial score (nSPS) is 15.8. The Morgan fingerprint density at radius 2 is 2.03 bits per heavy atom. The number of rotatable bonds is 6. The molecule has 9 nitrogen and oxygen atoms in total. The molecular weight excluding hydrogens is 461 g/mol. The number of nitrogens with one attached hydrogen (secondary N) is 1. The summed E-state index contributed by atoms with van der Waals surface area (Å²) in [4.78, 5) is 31.4. The number of halogens is 3. The van der Waals surface area contributed by atoms with Crippen LogP contribution in [0.15, 0.2) is 47.7 Å². The van der Waals surface area contributed by atoms with E-state index in [-0.39, 0.29) is 11.9 Å². The number of hydrogen-bond acceptors (Lipinski definition) is 7. The van der Waals surface area contributed by atoms with E-state index in [9.17, 15) is 18.0 Å². The van der Waals surface area contributed by atoms with Crippen molar-refractivity contribution in [2.75, 3.05) is 13.1 Å². The van der Waals surface area contributed by atoms with Gasteiger partial charge in [-0.05, 0) is 34.9 Å². The van der Waals surface area contributed by atoms with Crippen molar-refractivity contribution in [1.29, 1.82) is 0 Å². The number of hydrogen-bond donors (Lipinski definition) is 2. The zero-order chi connectivity index (χ0) is 23.8. The van der Waals surface area contributed by atoms with Crippen LogP contribution in [-0.4, -0.2) is 60.9 Å². The average Bonchev–Trinajstić information content (AvgIpc) is 3.46. The fraction of sp³-hybridized carbons (Fsp3) is 0.350. The fourth-order valence-corrected chi connectivity index (χ4v) is 3.96. The van der Waals surface area contributed by atoms with Gasteiger partial charge in [-0.2, -0.15) is 29.6 Å². The molecule has 0 bridgehead atoms. The van der Waals surface area contributed by atoms with E-state index in [1.165, 1.54) is 23.7 Å². The molecule has 2 N–H and O–H groups in total. The van der Waals surface area contributed by atoms with E-state index in [2.05, 4.69) is 52.9 Å². The Labute approximate surface area is 190 Å². The summed E-state index contributed by atoms with van der Waals surface area (Å²) in [6, 6.07) is 4.49. The minimum absolute atomic E-state index is 0.190. The number of carboxylic acids is 1. The maximum atomic E-state index is 12.1. The van der Waals surface area contributed by atoms with E-state index < -0.39 is 12.1 Å². The molecule has 33 heavy (non-hydrogen) atoms. The molecule has 0 saturated carbocycles. The minimum atomic E-state index is -5.08. The lowest BCUT2D eigenvalue weighted by molar-refractivity contribution is -0.192. The van der Waals surface area contributed by atoms with E-state index in [1.807, 2.05) is 6.20 Å². The minimum Gasteiger partial charge on any atom is -0.475 e. The molecule has 1 aliphatic rings. The van der Waals surface area contributed by atoms with Crippen molar-refractivity contribution >= 4 is 23.2 Å². The van der Waals surface area contributed by atoms with E-state index >= 15 is 0 Å². The topological polar surface area (TPSA) is 113 Å². The van der Waals surface area contributed by atoms with Gasteiger partial charge >= 0.3 is 12.1 Å². The van der Waals surface area contributed by atoms with Crippen LogP contribution in [-0.2, 0) is 17.9 Å². The van der Waals surface area contributed by atoms with E-state index in [4.69, 9.17) is 9.90 Å². The van der Waals surface area contributed by atoms with Gasteiger partial charge < -0.3 is 10.4 Å². The van der Waals surface area contributed by atoms with Crippen LogP contribution < -0.4 is 5.32 Å². The van der Waals surface area contributed by atoms with Gasteiger partial charge in [0, 0.05) is 44.8 Å². The van der Waals surface area contributed by atoms with Crippen molar-refractivity contribution in [2.45, 2.75) is 31.7 Å². The molecule has 4 heterocycles. The lowest BCUT2D eigenvalue weighted by Crippen LogP contribution is -2.39. The first-order valence-electron chi connectivity index (χ1n) is 9.84. The van der Waals surface area contributed by atoms with Crippen LogP contribution in [0.25, 0.3) is 0 Å². The van der Waals surface area contributed by atoms with Gasteiger partial charge in [-0.3, -0.25) is 19.4 Å².